The minimum atomic E-state index is -3.87. The maximum Gasteiger partial charge on any atom is 0.282 e. The van der Waals surface area contributed by atoms with Gasteiger partial charge >= 0.3 is 0 Å². The average molecular weight is 569 g/mol. The molecular formula is C20H18BrF5N4O3S. The van der Waals surface area contributed by atoms with Crippen LogP contribution in [0.3, 0.4) is 0 Å². The predicted molar refractivity (Wildman–Crippen MR) is 116 cm³/mol. The number of rotatable bonds is 5. The number of nitrogens with one attached hydrogen (secondary N) is 1. The average Bonchev–Trinajstić information content (AvgIpc) is 3.32. The first kappa shape index (κ1) is 24.8. The molecule has 0 saturated carbocycles. The molecular weight excluding hydrogens is 551 g/mol. The number of likely N-dealkylation sites (tertiary alicyclic amines) is 1. The molecule has 2 atom stereocenters. The summed E-state index contributed by atoms with van der Waals surface area (Å²) in [5.41, 5.74) is -0.476. The lowest BCUT2D eigenvalue weighted by atomic mass is 9.98. The number of nitrogens with zero attached hydrogens (tertiary/aromatic N) is 3. The van der Waals surface area contributed by atoms with Crippen LogP contribution in [0.5, 0.6) is 0 Å². The van der Waals surface area contributed by atoms with Crippen LogP contribution in [0.25, 0.3) is 11.1 Å². The third-order valence-corrected chi connectivity index (χ3v) is 7.34. The summed E-state index contributed by atoms with van der Waals surface area (Å²) in [6.07, 6.45) is 0.330. The maximum absolute atomic E-state index is 14.5. The maximum atomic E-state index is 14.5. The second-order valence-electron chi connectivity index (χ2n) is 7.85. The molecule has 0 bridgehead atoms. The number of sulfonamides is 1. The summed E-state index contributed by atoms with van der Waals surface area (Å²) < 4.78 is 97.2. The first-order chi connectivity index (χ1) is 15.9. The number of pyridine rings is 1. The van der Waals surface area contributed by atoms with Gasteiger partial charge in [-0.3, -0.25) is 4.98 Å². The van der Waals surface area contributed by atoms with Crippen molar-refractivity contribution >= 4 is 31.8 Å². The summed E-state index contributed by atoms with van der Waals surface area (Å²) in [5.74, 6) is -6.98. The smallest absolute Gasteiger partial charge is 0.282 e. The Morgan fingerprint density at radius 1 is 1.24 bits per heavy atom. The van der Waals surface area contributed by atoms with Gasteiger partial charge in [0, 0.05) is 34.9 Å². The second kappa shape index (κ2) is 9.04. The Morgan fingerprint density at radius 2 is 1.91 bits per heavy atom. The van der Waals surface area contributed by atoms with E-state index >= 15 is 0 Å². The number of hydrogen-bond donors (Lipinski definition) is 1. The molecule has 1 aromatic heterocycles. The Morgan fingerprint density at radius 3 is 2.56 bits per heavy atom. The molecule has 0 radical (unpaired) electrons. The van der Waals surface area contributed by atoms with Crippen molar-refractivity contribution in [2.24, 2.45) is 5.16 Å². The van der Waals surface area contributed by atoms with Crippen LogP contribution in [-0.2, 0) is 14.9 Å². The molecule has 34 heavy (non-hydrogen) atoms. The molecule has 184 valence electrons. The molecule has 14 heteroatoms. The lowest BCUT2D eigenvalue weighted by molar-refractivity contribution is -0.00126. The highest BCUT2D eigenvalue weighted by Crippen LogP contribution is 2.39. The van der Waals surface area contributed by atoms with Gasteiger partial charge in [-0.15, -0.1) is 0 Å². The number of oxime groups is 1. The van der Waals surface area contributed by atoms with E-state index in [9.17, 15) is 30.4 Å². The van der Waals surface area contributed by atoms with Gasteiger partial charge in [0.15, 0.2) is 6.10 Å². The van der Waals surface area contributed by atoms with E-state index in [0.717, 1.165) is 0 Å². The van der Waals surface area contributed by atoms with Crippen LogP contribution in [0.2, 0.25) is 0 Å². The zero-order valence-corrected chi connectivity index (χ0v) is 19.9. The standard InChI is InChI=1S/C20H18BrF5N4O3S/c1-2-34(31,32)29-16-8-30(9-20(16,25)26)17-6-15(33-28-17)19-12(3-10(21)7-27-19)18-13(23)4-11(22)5-14(18)24/h3-5,7,15-16,29H,2,6,8-9H2,1H3/t15?,16-/m1/s1. The SMILES string of the molecule is CCS(=O)(=O)N[C@@H]1CN(C2=NOC(c3ncc(Br)cc3-c3c(F)cc(F)cc3F)C2)CC1(F)F. The van der Waals surface area contributed by atoms with E-state index < -0.39 is 57.7 Å². The zero-order valence-electron chi connectivity index (χ0n) is 17.5. The quantitative estimate of drug-likeness (QED) is 0.552. The van der Waals surface area contributed by atoms with Crippen LogP contribution in [0.15, 0.2) is 34.0 Å². The highest BCUT2D eigenvalue weighted by molar-refractivity contribution is 9.10. The Labute approximate surface area is 200 Å². The Balaban J connectivity index is 1.58. The molecule has 0 amide bonds. The molecule has 0 aliphatic carbocycles. The number of amidine groups is 1. The van der Waals surface area contributed by atoms with Crippen molar-refractivity contribution in [2.75, 3.05) is 18.8 Å². The van der Waals surface area contributed by atoms with Crippen molar-refractivity contribution in [3.05, 3.63) is 52.0 Å². The van der Waals surface area contributed by atoms with Crippen molar-refractivity contribution in [1.82, 2.24) is 14.6 Å². The van der Waals surface area contributed by atoms with Crippen molar-refractivity contribution in [2.45, 2.75) is 31.4 Å². The normalized spacial score (nSPS) is 22.1. The van der Waals surface area contributed by atoms with Crippen molar-refractivity contribution in [3.63, 3.8) is 0 Å². The molecule has 7 nitrogen and oxygen atoms in total. The largest absolute Gasteiger partial charge is 0.384 e. The Bertz CT molecular complexity index is 1240. The minimum Gasteiger partial charge on any atom is -0.384 e. The van der Waals surface area contributed by atoms with Crippen LogP contribution in [0.1, 0.15) is 25.1 Å². The summed E-state index contributed by atoms with van der Waals surface area (Å²) in [7, 11) is -3.87. The van der Waals surface area contributed by atoms with E-state index in [2.05, 4.69) is 26.1 Å². The van der Waals surface area contributed by atoms with Gasteiger partial charge in [-0.1, -0.05) is 5.16 Å². The fourth-order valence-electron chi connectivity index (χ4n) is 3.81. The second-order valence-corrected chi connectivity index (χ2v) is 10.8. The summed E-state index contributed by atoms with van der Waals surface area (Å²) in [6.45, 7) is 0.200. The molecule has 1 fully saturated rings. The topological polar surface area (TPSA) is 83.9 Å². The van der Waals surface area contributed by atoms with Gasteiger partial charge in [-0.05, 0) is 28.9 Å². The predicted octanol–water partition coefficient (Wildman–Crippen LogP) is 3.96. The van der Waals surface area contributed by atoms with Gasteiger partial charge in [0.25, 0.3) is 5.92 Å². The molecule has 1 N–H and O–H groups in total. The summed E-state index contributed by atoms with van der Waals surface area (Å²) in [5, 5.41) is 3.84. The third kappa shape index (κ3) is 4.89. The first-order valence-corrected chi connectivity index (χ1v) is 12.5. The van der Waals surface area contributed by atoms with E-state index in [0.29, 0.717) is 16.6 Å². The number of halogens is 6. The van der Waals surface area contributed by atoms with Crippen molar-refractivity contribution in [3.8, 4) is 11.1 Å². The molecule has 0 spiro atoms. The third-order valence-electron chi connectivity index (χ3n) is 5.50. The Kier molecular flexibility index (Phi) is 6.59. The van der Waals surface area contributed by atoms with Gasteiger partial charge in [-0.2, -0.15) is 0 Å². The van der Waals surface area contributed by atoms with E-state index in [1.54, 1.807) is 0 Å². The van der Waals surface area contributed by atoms with Crippen LogP contribution in [0, 0.1) is 17.5 Å². The number of hydrogen-bond acceptors (Lipinski definition) is 6. The highest BCUT2D eigenvalue weighted by atomic mass is 79.9. The van der Waals surface area contributed by atoms with Crippen LogP contribution in [-0.4, -0.2) is 54.9 Å². The highest BCUT2D eigenvalue weighted by Gasteiger charge is 2.51. The van der Waals surface area contributed by atoms with E-state index in [4.69, 9.17) is 4.84 Å². The molecule has 1 unspecified atom stereocenters. The molecule has 2 aliphatic rings. The lowest BCUT2D eigenvalue weighted by Crippen LogP contribution is -2.47. The summed E-state index contributed by atoms with van der Waals surface area (Å²) in [6, 6.07) is 0.792. The van der Waals surface area contributed by atoms with E-state index in [1.165, 1.54) is 24.1 Å². The first-order valence-electron chi connectivity index (χ1n) is 10.1. The number of alkyl halides is 2. The minimum absolute atomic E-state index is 0.0221. The van der Waals surface area contributed by atoms with E-state index in [1.807, 2.05) is 4.72 Å². The summed E-state index contributed by atoms with van der Waals surface area (Å²) in [4.78, 5) is 10.7. The van der Waals surface area contributed by atoms with Crippen LogP contribution in [0.4, 0.5) is 22.0 Å². The van der Waals surface area contributed by atoms with Crippen LogP contribution < -0.4 is 4.72 Å². The van der Waals surface area contributed by atoms with Gasteiger partial charge in [-0.25, -0.2) is 35.1 Å². The molecule has 4 rings (SSSR count). The van der Waals surface area contributed by atoms with Gasteiger partial charge in [0.1, 0.15) is 29.3 Å². The van der Waals surface area contributed by atoms with Gasteiger partial charge < -0.3 is 9.74 Å². The molecule has 1 aromatic carbocycles. The number of benzene rings is 1. The van der Waals surface area contributed by atoms with Gasteiger partial charge in [0.2, 0.25) is 10.0 Å². The van der Waals surface area contributed by atoms with Crippen LogP contribution >= 0.6 is 15.9 Å². The monoisotopic (exact) mass is 568 g/mol. The van der Waals surface area contributed by atoms with Crippen molar-refractivity contribution < 1.29 is 35.2 Å². The lowest BCUT2D eigenvalue weighted by Gasteiger charge is -2.17. The Hall–Kier alpha value is -2.32. The fraction of sp³-hybridized carbons (Fsp3) is 0.400. The molecule has 1 saturated heterocycles. The number of aromatic nitrogens is 1. The molecule has 2 aliphatic heterocycles. The van der Waals surface area contributed by atoms with Gasteiger partial charge in [0.05, 0.1) is 30.0 Å². The summed E-state index contributed by atoms with van der Waals surface area (Å²) >= 11 is 3.18. The van der Waals surface area contributed by atoms with E-state index in [-0.39, 0.29) is 35.8 Å². The molecule has 3 heterocycles. The zero-order chi connectivity index (χ0) is 24.8. The molecule has 2 aromatic rings. The fourth-order valence-corrected chi connectivity index (χ4v) is 4.99. The van der Waals surface area contributed by atoms with Crippen molar-refractivity contribution in [1.29, 1.82) is 0 Å².